The molecule has 1 aliphatic rings. The average molecular weight is 453 g/mol. The molecule has 180 valence electrons. The maximum Gasteiger partial charge on any atom is 0.223 e. The Labute approximate surface area is 199 Å². The van der Waals surface area contributed by atoms with Gasteiger partial charge in [0.1, 0.15) is 11.4 Å². The van der Waals surface area contributed by atoms with Crippen LogP contribution in [0.3, 0.4) is 0 Å². The number of carbonyl (C=O) groups excluding carboxylic acids is 1. The summed E-state index contributed by atoms with van der Waals surface area (Å²) >= 11 is 0. The van der Waals surface area contributed by atoms with Gasteiger partial charge in [0.15, 0.2) is 0 Å². The van der Waals surface area contributed by atoms with Gasteiger partial charge in [-0.05, 0) is 61.7 Å². The van der Waals surface area contributed by atoms with Crippen LogP contribution >= 0.6 is 0 Å². The first-order valence-electron chi connectivity index (χ1n) is 12.1. The van der Waals surface area contributed by atoms with E-state index in [9.17, 15) is 9.90 Å². The number of ether oxygens (including phenoxy) is 1. The first-order valence-corrected chi connectivity index (χ1v) is 12.1. The van der Waals surface area contributed by atoms with Crippen molar-refractivity contribution in [1.82, 2.24) is 9.80 Å². The third-order valence-electron chi connectivity index (χ3n) is 6.44. The van der Waals surface area contributed by atoms with E-state index in [1.807, 2.05) is 19.0 Å². The Morgan fingerprint density at radius 1 is 1.06 bits per heavy atom. The summed E-state index contributed by atoms with van der Waals surface area (Å²) in [4.78, 5) is 16.5. The quantitative estimate of drug-likeness (QED) is 0.559. The first kappa shape index (κ1) is 25.3. The normalized spacial score (nSPS) is 17.3. The second-order valence-electron chi connectivity index (χ2n) is 10.2. The zero-order valence-electron chi connectivity index (χ0n) is 20.9. The van der Waals surface area contributed by atoms with Crippen molar-refractivity contribution in [3.8, 4) is 5.75 Å². The number of aliphatic hydroxyl groups excluding tert-OH is 1. The Balaban J connectivity index is 1.58. The smallest absolute Gasteiger partial charge is 0.223 e. The van der Waals surface area contributed by atoms with Crippen molar-refractivity contribution in [1.29, 1.82) is 0 Å². The van der Waals surface area contributed by atoms with Crippen LogP contribution in [0.15, 0.2) is 42.5 Å². The van der Waals surface area contributed by atoms with Gasteiger partial charge < -0.3 is 19.6 Å². The van der Waals surface area contributed by atoms with Gasteiger partial charge in [0.2, 0.25) is 5.91 Å². The van der Waals surface area contributed by atoms with Crippen LogP contribution in [0.25, 0.3) is 0 Å². The van der Waals surface area contributed by atoms with Crippen LogP contribution in [0.5, 0.6) is 5.75 Å². The van der Waals surface area contributed by atoms with Gasteiger partial charge in [-0.2, -0.15) is 0 Å². The van der Waals surface area contributed by atoms with Gasteiger partial charge in [-0.15, -0.1) is 0 Å². The lowest BCUT2D eigenvalue weighted by atomic mass is 9.90. The molecule has 0 fully saturated rings. The fourth-order valence-electron chi connectivity index (χ4n) is 4.49. The van der Waals surface area contributed by atoms with E-state index in [4.69, 9.17) is 4.74 Å². The minimum atomic E-state index is -0.250. The summed E-state index contributed by atoms with van der Waals surface area (Å²) in [6, 6.07) is 15.2. The van der Waals surface area contributed by atoms with Crippen molar-refractivity contribution in [2.75, 3.05) is 40.3 Å². The van der Waals surface area contributed by atoms with Gasteiger partial charge in [0.05, 0.1) is 6.61 Å². The maximum absolute atomic E-state index is 12.7. The molecule has 0 saturated heterocycles. The van der Waals surface area contributed by atoms with Gasteiger partial charge in [-0.1, -0.05) is 50.2 Å². The van der Waals surface area contributed by atoms with Gasteiger partial charge >= 0.3 is 0 Å². The van der Waals surface area contributed by atoms with Crippen LogP contribution in [-0.4, -0.2) is 66.8 Å². The number of aryl methyl sites for hydroxylation is 1. The highest BCUT2D eigenvalue weighted by Crippen LogP contribution is 2.37. The summed E-state index contributed by atoms with van der Waals surface area (Å²) in [5.74, 6) is 1.59. The van der Waals surface area contributed by atoms with E-state index in [0.717, 1.165) is 30.7 Å². The minimum absolute atomic E-state index is 0.00582. The third-order valence-corrected chi connectivity index (χ3v) is 6.44. The largest absolute Gasteiger partial charge is 0.487 e. The highest BCUT2D eigenvalue weighted by atomic mass is 16.5. The number of fused-ring (bicyclic) bond motifs is 1. The molecule has 0 saturated carbocycles. The zero-order valence-corrected chi connectivity index (χ0v) is 20.9. The fourth-order valence-corrected chi connectivity index (χ4v) is 4.49. The molecule has 1 aliphatic heterocycles. The van der Waals surface area contributed by atoms with E-state index in [-0.39, 0.29) is 18.1 Å². The van der Waals surface area contributed by atoms with E-state index in [1.54, 1.807) is 4.90 Å². The molecule has 2 aromatic carbocycles. The summed E-state index contributed by atoms with van der Waals surface area (Å²) < 4.78 is 6.37. The van der Waals surface area contributed by atoms with Crippen LogP contribution in [0.4, 0.5) is 0 Å². The molecule has 0 aliphatic carbocycles. The lowest BCUT2D eigenvalue weighted by Gasteiger charge is -2.24. The van der Waals surface area contributed by atoms with Crippen molar-refractivity contribution >= 4 is 5.91 Å². The summed E-state index contributed by atoms with van der Waals surface area (Å²) in [5.41, 5.74) is 4.79. The van der Waals surface area contributed by atoms with Crippen LogP contribution < -0.4 is 4.74 Å². The standard InChI is InChI=1S/C28H40N2O3/c1-21(2)24-10-6-23(7-11-24)19-28(3)20-25-18-22(8-12-26(25)33-28)9-13-27(32)30(16-17-31)15-14-29(4)5/h6-8,10-12,18,21,31H,9,13-17,19-20H2,1-5H3. The van der Waals surface area contributed by atoms with Gasteiger partial charge in [0.25, 0.3) is 0 Å². The van der Waals surface area contributed by atoms with E-state index in [2.05, 4.69) is 63.2 Å². The lowest BCUT2D eigenvalue weighted by molar-refractivity contribution is -0.131. The summed E-state index contributed by atoms with van der Waals surface area (Å²) in [7, 11) is 3.98. The topological polar surface area (TPSA) is 53.0 Å². The molecule has 0 radical (unpaired) electrons. The number of nitrogens with zero attached hydrogens (tertiary/aromatic N) is 2. The second kappa shape index (κ2) is 11.2. The molecule has 3 rings (SSSR count). The Hall–Kier alpha value is -2.37. The molecule has 1 N–H and O–H groups in total. The molecule has 0 bridgehead atoms. The Kier molecular flexibility index (Phi) is 8.55. The number of likely N-dealkylation sites (N-methyl/N-ethyl adjacent to an activating group) is 1. The van der Waals surface area contributed by atoms with Crippen molar-refractivity contribution in [2.24, 2.45) is 0 Å². The molecule has 1 amide bonds. The zero-order chi connectivity index (χ0) is 24.0. The Morgan fingerprint density at radius 2 is 1.76 bits per heavy atom. The van der Waals surface area contributed by atoms with Crippen LogP contribution in [0.2, 0.25) is 0 Å². The van der Waals surface area contributed by atoms with E-state index < -0.39 is 0 Å². The number of benzene rings is 2. The number of rotatable bonds is 11. The van der Waals surface area contributed by atoms with Crippen LogP contribution in [0, 0.1) is 0 Å². The number of aliphatic hydroxyl groups is 1. The van der Waals surface area contributed by atoms with Gasteiger partial charge in [-0.3, -0.25) is 4.79 Å². The molecule has 5 nitrogen and oxygen atoms in total. The van der Waals surface area contributed by atoms with E-state index in [0.29, 0.717) is 31.8 Å². The summed E-state index contributed by atoms with van der Waals surface area (Å²) in [6.07, 6.45) is 2.89. The Bertz CT molecular complexity index is 923. The first-order chi connectivity index (χ1) is 15.7. The monoisotopic (exact) mass is 452 g/mol. The highest BCUT2D eigenvalue weighted by Gasteiger charge is 2.35. The van der Waals surface area contributed by atoms with Crippen LogP contribution in [0.1, 0.15) is 55.4 Å². The summed E-state index contributed by atoms with van der Waals surface area (Å²) in [5, 5.41) is 9.31. The minimum Gasteiger partial charge on any atom is -0.487 e. The van der Waals surface area contributed by atoms with Gasteiger partial charge in [0, 0.05) is 38.9 Å². The predicted octanol–water partition coefficient (Wildman–Crippen LogP) is 4.06. The van der Waals surface area contributed by atoms with Crippen LogP contribution in [-0.2, 0) is 24.1 Å². The molecule has 1 unspecified atom stereocenters. The number of hydrogen-bond donors (Lipinski definition) is 1. The molecular formula is C28H40N2O3. The molecule has 2 aromatic rings. The number of hydrogen-bond acceptors (Lipinski definition) is 4. The molecule has 5 heteroatoms. The lowest BCUT2D eigenvalue weighted by Crippen LogP contribution is -2.38. The molecule has 0 aromatic heterocycles. The highest BCUT2D eigenvalue weighted by molar-refractivity contribution is 5.76. The van der Waals surface area contributed by atoms with Crippen molar-refractivity contribution in [3.63, 3.8) is 0 Å². The average Bonchev–Trinajstić information content (AvgIpc) is 3.10. The second-order valence-corrected chi connectivity index (χ2v) is 10.2. The molecule has 1 atom stereocenters. The Morgan fingerprint density at radius 3 is 2.39 bits per heavy atom. The van der Waals surface area contributed by atoms with Crippen molar-refractivity contribution < 1.29 is 14.6 Å². The molecular weight excluding hydrogens is 412 g/mol. The van der Waals surface area contributed by atoms with E-state index >= 15 is 0 Å². The molecule has 33 heavy (non-hydrogen) atoms. The number of carbonyl (C=O) groups is 1. The number of amides is 1. The maximum atomic E-state index is 12.7. The summed E-state index contributed by atoms with van der Waals surface area (Å²) in [6.45, 7) is 8.43. The van der Waals surface area contributed by atoms with Crippen molar-refractivity contribution in [2.45, 2.75) is 58.0 Å². The molecule has 1 heterocycles. The van der Waals surface area contributed by atoms with Gasteiger partial charge in [-0.25, -0.2) is 0 Å². The molecule has 0 spiro atoms. The third kappa shape index (κ3) is 7.05. The SMILES string of the molecule is CC(C)c1ccc(CC2(C)Cc3cc(CCC(=O)N(CCO)CCN(C)C)ccc3O2)cc1. The van der Waals surface area contributed by atoms with E-state index in [1.165, 1.54) is 16.7 Å². The predicted molar refractivity (Wildman–Crippen MR) is 134 cm³/mol. The van der Waals surface area contributed by atoms with Crippen molar-refractivity contribution in [3.05, 3.63) is 64.7 Å². The fraction of sp³-hybridized carbons (Fsp3) is 0.536.